The van der Waals surface area contributed by atoms with E-state index in [9.17, 15) is 0 Å². The molecule has 0 unspecified atom stereocenters. The van der Waals surface area contributed by atoms with Gasteiger partial charge in [-0.3, -0.25) is 4.68 Å². The Kier molecular flexibility index (Phi) is 4.13. The van der Waals surface area contributed by atoms with E-state index in [4.69, 9.17) is 0 Å². The fourth-order valence-electron chi connectivity index (χ4n) is 1.46. The molecule has 0 spiro atoms. The Hall–Kier alpha value is -1.13. The Morgan fingerprint density at radius 2 is 2.06 bits per heavy atom. The van der Waals surface area contributed by atoms with Crippen molar-refractivity contribution in [3.63, 3.8) is 0 Å². The monoisotopic (exact) mass is 279 g/mol. The summed E-state index contributed by atoms with van der Waals surface area (Å²) in [6.07, 6.45) is 3.77. The molecule has 0 saturated carbocycles. The maximum Gasteiger partial charge on any atom is 0.0534 e. The Morgan fingerprint density at radius 3 is 2.75 bits per heavy atom. The first-order chi connectivity index (χ1) is 7.84. The van der Waals surface area contributed by atoms with E-state index in [-0.39, 0.29) is 0 Å². The lowest BCUT2D eigenvalue weighted by Gasteiger charge is -2.05. The van der Waals surface area contributed by atoms with Crippen molar-refractivity contribution in [3.8, 4) is 0 Å². The zero-order valence-electron chi connectivity index (χ0n) is 8.94. The van der Waals surface area contributed by atoms with Crippen molar-refractivity contribution in [3.05, 3.63) is 52.8 Å². The van der Waals surface area contributed by atoms with Crippen molar-refractivity contribution in [1.82, 2.24) is 15.1 Å². The number of benzene rings is 1. The van der Waals surface area contributed by atoms with Crippen molar-refractivity contribution in [2.45, 2.75) is 13.1 Å². The summed E-state index contributed by atoms with van der Waals surface area (Å²) in [4.78, 5) is 0. The van der Waals surface area contributed by atoms with Gasteiger partial charge < -0.3 is 5.32 Å². The van der Waals surface area contributed by atoms with Crippen LogP contribution < -0.4 is 5.32 Å². The second kappa shape index (κ2) is 5.82. The molecule has 0 atom stereocenters. The SMILES string of the molecule is Brc1ccc(CNCCn2cccn2)cc1. The zero-order valence-corrected chi connectivity index (χ0v) is 10.5. The summed E-state index contributed by atoms with van der Waals surface area (Å²) in [5.41, 5.74) is 1.30. The number of aromatic nitrogens is 2. The third-order valence-electron chi connectivity index (χ3n) is 2.32. The Balaban J connectivity index is 1.70. The molecule has 0 saturated heterocycles. The smallest absolute Gasteiger partial charge is 0.0534 e. The second-order valence-electron chi connectivity index (χ2n) is 3.57. The van der Waals surface area contributed by atoms with Crippen LogP contribution in [-0.4, -0.2) is 16.3 Å². The van der Waals surface area contributed by atoms with E-state index < -0.39 is 0 Å². The van der Waals surface area contributed by atoms with E-state index in [0.29, 0.717) is 0 Å². The molecular formula is C12H14BrN3. The van der Waals surface area contributed by atoms with Crippen LogP contribution in [0, 0.1) is 0 Å². The molecule has 3 nitrogen and oxygen atoms in total. The average molecular weight is 280 g/mol. The lowest BCUT2D eigenvalue weighted by Crippen LogP contribution is -2.19. The molecule has 0 aliphatic rings. The first-order valence-electron chi connectivity index (χ1n) is 5.27. The Labute approximate surface area is 104 Å². The molecular weight excluding hydrogens is 266 g/mol. The molecule has 1 heterocycles. The van der Waals surface area contributed by atoms with Crippen LogP contribution in [0.4, 0.5) is 0 Å². The van der Waals surface area contributed by atoms with E-state index in [0.717, 1.165) is 24.1 Å². The Morgan fingerprint density at radius 1 is 1.25 bits per heavy atom. The van der Waals surface area contributed by atoms with Gasteiger partial charge in [-0.05, 0) is 23.8 Å². The van der Waals surface area contributed by atoms with Crippen LogP contribution in [0.5, 0.6) is 0 Å². The van der Waals surface area contributed by atoms with Gasteiger partial charge in [0.1, 0.15) is 0 Å². The first kappa shape index (κ1) is 11.4. The van der Waals surface area contributed by atoms with E-state index in [2.05, 4.69) is 50.6 Å². The van der Waals surface area contributed by atoms with E-state index in [1.807, 2.05) is 16.9 Å². The highest BCUT2D eigenvalue weighted by molar-refractivity contribution is 9.10. The summed E-state index contributed by atoms with van der Waals surface area (Å²) in [6, 6.07) is 10.3. The largest absolute Gasteiger partial charge is 0.311 e. The molecule has 1 aromatic heterocycles. The molecule has 1 aromatic carbocycles. The number of rotatable bonds is 5. The van der Waals surface area contributed by atoms with Gasteiger partial charge in [-0.2, -0.15) is 5.10 Å². The van der Waals surface area contributed by atoms with Crippen LogP contribution in [0.15, 0.2) is 47.2 Å². The van der Waals surface area contributed by atoms with Crippen LogP contribution >= 0.6 is 15.9 Å². The van der Waals surface area contributed by atoms with Crippen LogP contribution in [0.2, 0.25) is 0 Å². The molecule has 0 radical (unpaired) electrons. The van der Waals surface area contributed by atoms with Crippen LogP contribution in [0.25, 0.3) is 0 Å². The molecule has 1 N–H and O–H groups in total. The number of nitrogens with one attached hydrogen (secondary N) is 1. The topological polar surface area (TPSA) is 29.9 Å². The molecule has 2 aromatic rings. The van der Waals surface area contributed by atoms with Gasteiger partial charge in [0.25, 0.3) is 0 Å². The van der Waals surface area contributed by atoms with Crippen LogP contribution in [0.1, 0.15) is 5.56 Å². The summed E-state index contributed by atoms with van der Waals surface area (Å²) >= 11 is 3.42. The molecule has 84 valence electrons. The molecule has 0 fully saturated rings. The van der Waals surface area contributed by atoms with Crippen molar-refractivity contribution in [1.29, 1.82) is 0 Å². The van der Waals surface area contributed by atoms with Gasteiger partial charge in [-0.25, -0.2) is 0 Å². The van der Waals surface area contributed by atoms with Crippen molar-refractivity contribution >= 4 is 15.9 Å². The van der Waals surface area contributed by atoms with Crippen LogP contribution in [-0.2, 0) is 13.1 Å². The second-order valence-corrected chi connectivity index (χ2v) is 4.49. The minimum Gasteiger partial charge on any atom is -0.311 e. The van der Waals surface area contributed by atoms with E-state index in [1.54, 1.807) is 6.20 Å². The summed E-state index contributed by atoms with van der Waals surface area (Å²) in [6.45, 7) is 2.73. The molecule has 0 aliphatic heterocycles. The molecule has 4 heteroatoms. The highest BCUT2D eigenvalue weighted by Gasteiger charge is 1.93. The summed E-state index contributed by atoms with van der Waals surface area (Å²) < 4.78 is 3.04. The lowest BCUT2D eigenvalue weighted by molar-refractivity contribution is 0.555. The standard InChI is InChI=1S/C12H14BrN3/c13-12-4-2-11(3-5-12)10-14-7-9-16-8-1-6-15-16/h1-6,8,14H,7,9-10H2. The number of halogens is 1. The van der Waals surface area contributed by atoms with Gasteiger partial charge in [-0.15, -0.1) is 0 Å². The molecule has 0 bridgehead atoms. The van der Waals surface area contributed by atoms with Gasteiger partial charge in [0, 0.05) is 30.0 Å². The van der Waals surface area contributed by atoms with E-state index in [1.165, 1.54) is 5.56 Å². The van der Waals surface area contributed by atoms with Crippen molar-refractivity contribution in [2.75, 3.05) is 6.54 Å². The summed E-state index contributed by atoms with van der Waals surface area (Å²) in [7, 11) is 0. The summed E-state index contributed by atoms with van der Waals surface area (Å²) in [5.74, 6) is 0. The minimum atomic E-state index is 0.897. The Bertz CT molecular complexity index is 408. The number of hydrogen-bond donors (Lipinski definition) is 1. The van der Waals surface area contributed by atoms with Gasteiger partial charge >= 0.3 is 0 Å². The predicted molar refractivity (Wildman–Crippen MR) is 68.1 cm³/mol. The fraction of sp³-hybridized carbons (Fsp3) is 0.250. The quantitative estimate of drug-likeness (QED) is 0.852. The average Bonchev–Trinajstić information content (AvgIpc) is 2.80. The molecule has 0 aliphatic carbocycles. The van der Waals surface area contributed by atoms with Crippen molar-refractivity contribution in [2.24, 2.45) is 0 Å². The van der Waals surface area contributed by atoms with Gasteiger partial charge in [0.15, 0.2) is 0 Å². The van der Waals surface area contributed by atoms with Gasteiger partial charge in [-0.1, -0.05) is 28.1 Å². The van der Waals surface area contributed by atoms with Crippen molar-refractivity contribution < 1.29 is 0 Å². The predicted octanol–water partition coefficient (Wildman–Crippen LogP) is 2.44. The highest BCUT2D eigenvalue weighted by atomic mass is 79.9. The normalized spacial score (nSPS) is 10.6. The zero-order chi connectivity index (χ0) is 11.2. The minimum absolute atomic E-state index is 0.897. The highest BCUT2D eigenvalue weighted by Crippen LogP contribution is 2.09. The third kappa shape index (κ3) is 3.47. The molecule has 0 amide bonds. The molecule has 2 rings (SSSR count). The van der Waals surface area contributed by atoms with Gasteiger partial charge in [0.2, 0.25) is 0 Å². The van der Waals surface area contributed by atoms with Crippen LogP contribution in [0.3, 0.4) is 0 Å². The summed E-state index contributed by atoms with van der Waals surface area (Å²) in [5, 5.41) is 7.53. The fourth-order valence-corrected chi connectivity index (χ4v) is 1.73. The maximum atomic E-state index is 4.14. The number of hydrogen-bond acceptors (Lipinski definition) is 2. The first-order valence-corrected chi connectivity index (χ1v) is 6.06. The lowest BCUT2D eigenvalue weighted by atomic mass is 10.2. The third-order valence-corrected chi connectivity index (χ3v) is 2.85. The maximum absolute atomic E-state index is 4.14. The number of nitrogens with zero attached hydrogens (tertiary/aromatic N) is 2. The molecule has 16 heavy (non-hydrogen) atoms. The van der Waals surface area contributed by atoms with E-state index >= 15 is 0 Å². The van der Waals surface area contributed by atoms with Gasteiger partial charge in [0.05, 0.1) is 6.54 Å².